The lowest BCUT2D eigenvalue weighted by Crippen LogP contribution is -2.53. The predicted octanol–water partition coefficient (Wildman–Crippen LogP) is 7.06. The van der Waals surface area contributed by atoms with Gasteiger partial charge in [-0.3, -0.25) is 13.9 Å². The van der Waals surface area contributed by atoms with Gasteiger partial charge in [0.15, 0.2) is 0 Å². The van der Waals surface area contributed by atoms with Crippen LogP contribution in [0.4, 0.5) is 5.69 Å². The summed E-state index contributed by atoms with van der Waals surface area (Å²) in [6, 6.07) is 26.5. The maximum atomic E-state index is 14.6. The highest BCUT2D eigenvalue weighted by atomic mass is 35.5. The number of benzene rings is 4. The Balaban J connectivity index is 1.83. The molecule has 0 aliphatic rings. The second-order valence-electron chi connectivity index (χ2n) is 11.1. The van der Waals surface area contributed by atoms with Crippen LogP contribution in [0.25, 0.3) is 0 Å². The van der Waals surface area contributed by atoms with Gasteiger partial charge in [-0.1, -0.05) is 103 Å². The van der Waals surface area contributed by atoms with Crippen LogP contribution in [0.1, 0.15) is 36.5 Å². The molecule has 11 heteroatoms. The second-order valence-corrected chi connectivity index (χ2v) is 13.8. The first-order chi connectivity index (χ1) is 22.5. The monoisotopic (exact) mass is 695 g/mol. The quantitative estimate of drug-likeness (QED) is 0.134. The number of carbonyl (C=O) groups excluding carboxylic acids is 2. The molecule has 0 aliphatic heterocycles. The molecule has 8 nitrogen and oxygen atoms in total. The highest BCUT2D eigenvalue weighted by molar-refractivity contribution is 7.92. The molecule has 4 rings (SSSR count). The zero-order chi connectivity index (χ0) is 34.0. The van der Waals surface area contributed by atoms with Gasteiger partial charge in [-0.2, -0.15) is 0 Å². The summed E-state index contributed by atoms with van der Waals surface area (Å²) < 4.78 is 34.8. The van der Waals surface area contributed by atoms with E-state index < -0.39 is 28.5 Å². The molecule has 0 saturated heterocycles. The zero-order valence-corrected chi connectivity index (χ0v) is 29.0. The van der Waals surface area contributed by atoms with Gasteiger partial charge in [0.05, 0.1) is 27.7 Å². The molecule has 248 valence electrons. The molecule has 1 atom stereocenters. The van der Waals surface area contributed by atoms with Gasteiger partial charge in [0.1, 0.15) is 18.3 Å². The summed E-state index contributed by atoms with van der Waals surface area (Å²) in [6.07, 6.45) is 1.85. The van der Waals surface area contributed by atoms with Crippen molar-refractivity contribution in [2.75, 3.05) is 24.5 Å². The molecule has 0 bridgehead atoms. The Morgan fingerprint density at radius 3 is 2.26 bits per heavy atom. The molecule has 0 fully saturated rings. The fourth-order valence-corrected chi connectivity index (χ4v) is 6.94. The van der Waals surface area contributed by atoms with E-state index in [2.05, 4.69) is 5.32 Å². The number of rotatable bonds is 15. The van der Waals surface area contributed by atoms with Crippen molar-refractivity contribution in [2.45, 2.75) is 50.6 Å². The summed E-state index contributed by atoms with van der Waals surface area (Å²) in [4.78, 5) is 29.9. The molecule has 1 unspecified atom stereocenters. The van der Waals surface area contributed by atoms with Crippen LogP contribution in [-0.4, -0.2) is 51.4 Å². The highest BCUT2D eigenvalue weighted by Crippen LogP contribution is 2.36. The Hall–Kier alpha value is -4.05. The number of methoxy groups -OCH3 is 1. The standard InChI is InChI=1S/C36H39Cl2N3O5S/c1-4-5-21-39-36(43)33(23-27-11-7-6-8-12-27)40(24-28-13-9-14-29(22-28)46-3)34(42)25-41(32-16-10-15-31(37)35(32)38)47(44,45)30-19-17-26(2)18-20-30/h6-20,22,33H,4-5,21,23-25H2,1-3H3,(H,39,43). The number of carbonyl (C=O) groups is 2. The van der Waals surface area contributed by atoms with Crippen molar-refractivity contribution in [3.63, 3.8) is 0 Å². The van der Waals surface area contributed by atoms with Crippen molar-refractivity contribution in [1.29, 1.82) is 0 Å². The fourth-order valence-electron chi connectivity index (χ4n) is 5.06. The third kappa shape index (κ3) is 9.28. The Labute approximate surface area is 287 Å². The number of nitrogens with one attached hydrogen (secondary N) is 1. The Kier molecular flexibility index (Phi) is 12.7. The molecular weight excluding hydrogens is 657 g/mol. The molecule has 0 saturated carbocycles. The van der Waals surface area contributed by atoms with Crippen LogP contribution in [0, 0.1) is 6.92 Å². The van der Waals surface area contributed by atoms with E-state index in [4.69, 9.17) is 27.9 Å². The molecule has 0 spiro atoms. The van der Waals surface area contributed by atoms with Gasteiger partial charge in [-0.25, -0.2) is 8.42 Å². The van der Waals surface area contributed by atoms with Crippen molar-refractivity contribution in [2.24, 2.45) is 0 Å². The van der Waals surface area contributed by atoms with E-state index in [1.165, 1.54) is 29.2 Å². The summed E-state index contributed by atoms with van der Waals surface area (Å²) in [5, 5.41) is 3.10. The lowest BCUT2D eigenvalue weighted by Gasteiger charge is -2.34. The van der Waals surface area contributed by atoms with Gasteiger partial charge in [-0.15, -0.1) is 0 Å². The molecule has 0 radical (unpaired) electrons. The minimum Gasteiger partial charge on any atom is -0.497 e. The maximum Gasteiger partial charge on any atom is 0.264 e. The molecular formula is C36H39Cl2N3O5S. The van der Waals surface area contributed by atoms with E-state index in [1.54, 1.807) is 43.5 Å². The van der Waals surface area contributed by atoms with Gasteiger partial charge < -0.3 is 15.0 Å². The topological polar surface area (TPSA) is 96.0 Å². The smallest absolute Gasteiger partial charge is 0.264 e. The van der Waals surface area contributed by atoms with Crippen LogP contribution in [-0.2, 0) is 32.6 Å². The van der Waals surface area contributed by atoms with Crippen LogP contribution in [0.3, 0.4) is 0 Å². The van der Waals surface area contributed by atoms with Crippen LogP contribution < -0.4 is 14.4 Å². The number of amides is 2. The van der Waals surface area contributed by atoms with E-state index in [1.807, 2.05) is 50.2 Å². The van der Waals surface area contributed by atoms with Gasteiger partial charge >= 0.3 is 0 Å². The molecule has 1 N–H and O–H groups in total. The van der Waals surface area contributed by atoms with Gasteiger partial charge in [0.2, 0.25) is 11.8 Å². The number of halogens is 2. The average Bonchev–Trinajstić information content (AvgIpc) is 3.07. The molecule has 0 aliphatic carbocycles. The van der Waals surface area contributed by atoms with Crippen LogP contribution in [0.15, 0.2) is 102 Å². The first kappa shape index (κ1) is 35.8. The van der Waals surface area contributed by atoms with Gasteiger partial charge in [-0.05, 0) is 60.9 Å². The van der Waals surface area contributed by atoms with E-state index in [0.29, 0.717) is 17.9 Å². The molecule has 2 amide bonds. The van der Waals surface area contributed by atoms with E-state index >= 15 is 0 Å². The number of nitrogens with zero attached hydrogens (tertiary/aromatic N) is 2. The van der Waals surface area contributed by atoms with Gasteiger partial charge in [0.25, 0.3) is 10.0 Å². The van der Waals surface area contributed by atoms with E-state index in [0.717, 1.165) is 28.3 Å². The summed E-state index contributed by atoms with van der Waals surface area (Å²) in [5.41, 5.74) is 2.45. The van der Waals surface area contributed by atoms with E-state index in [-0.39, 0.29) is 39.5 Å². The number of sulfonamides is 1. The molecule has 4 aromatic carbocycles. The van der Waals surface area contributed by atoms with E-state index in [9.17, 15) is 18.0 Å². The maximum absolute atomic E-state index is 14.6. The lowest BCUT2D eigenvalue weighted by atomic mass is 10.0. The second kappa shape index (κ2) is 16.7. The van der Waals surface area contributed by atoms with Crippen LogP contribution in [0.2, 0.25) is 10.0 Å². The third-order valence-electron chi connectivity index (χ3n) is 7.68. The van der Waals surface area contributed by atoms with Crippen molar-refractivity contribution >= 4 is 50.7 Å². The average molecular weight is 697 g/mol. The molecule has 47 heavy (non-hydrogen) atoms. The summed E-state index contributed by atoms with van der Waals surface area (Å²) in [7, 11) is -2.78. The van der Waals surface area contributed by atoms with Crippen molar-refractivity contribution in [3.05, 3.63) is 124 Å². The number of hydrogen-bond acceptors (Lipinski definition) is 5. The van der Waals surface area contributed by atoms with Crippen LogP contribution in [0.5, 0.6) is 5.75 Å². The highest BCUT2D eigenvalue weighted by Gasteiger charge is 2.35. The number of anilines is 1. The first-order valence-corrected chi connectivity index (χ1v) is 17.5. The number of hydrogen-bond donors (Lipinski definition) is 1. The number of aryl methyl sites for hydroxylation is 1. The Bertz CT molecular complexity index is 1770. The fraction of sp³-hybridized carbons (Fsp3) is 0.278. The third-order valence-corrected chi connectivity index (χ3v) is 10.3. The molecule has 0 heterocycles. The number of unbranched alkanes of at least 4 members (excludes halogenated alkanes) is 1. The summed E-state index contributed by atoms with van der Waals surface area (Å²) in [6.45, 7) is 3.68. The zero-order valence-electron chi connectivity index (χ0n) is 26.7. The Morgan fingerprint density at radius 1 is 0.894 bits per heavy atom. The van der Waals surface area contributed by atoms with Crippen molar-refractivity contribution in [1.82, 2.24) is 10.2 Å². The molecule has 4 aromatic rings. The van der Waals surface area contributed by atoms with Crippen molar-refractivity contribution < 1.29 is 22.7 Å². The van der Waals surface area contributed by atoms with Crippen LogP contribution >= 0.6 is 23.2 Å². The summed E-state index contributed by atoms with van der Waals surface area (Å²) in [5.74, 6) is -0.366. The summed E-state index contributed by atoms with van der Waals surface area (Å²) >= 11 is 12.9. The molecule has 0 aromatic heterocycles. The minimum atomic E-state index is -4.32. The largest absolute Gasteiger partial charge is 0.497 e. The van der Waals surface area contributed by atoms with Crippen molar-refractivity contribution in [3.8, 4) is 5.75 Å². The first-order valence-electron chi connectivity index (χ1n) is 15.3. The predicted molar refractivity (Wildman–Crippen MR) is 188 cm³/mol. The Morgan fingerprint density at radius 2 is 1.57 bits per heavy atom. The van der Waals surface area contributed by atoms with Gasteiger partial charge in [0, 0.05) is 19.5 Å². The number of ether oxygens (including phenoxy) is 1. The minimum absolute atomic E-state index is 0.0103. The normalized spacial score (nSPS) is 11.9. The SMILES string of the molecule is CCCCNC(=O)C(Cc1ccccc1)N(Cc1cccc(OC)c1)C(=O)CN(c1cccc(Cl)c1Cl)S(=O)(=O)c1ccc(C)cc1. The lowest BCUT2D eigenvalue weighted by molar-refractivity contribution is -0.140.